The number of amides is 2. The number of aromatic amines is 1. The van der Waals surface area contributed by atoms with E-state index in [1.165, 1.54) is 4.57 Å². The van der Waals surface area contributed by atoms with Gasteiger partial charge in [-0.1, -0.05) is 0 Å². The zero-order chi connectivity index (χ0) is 20.8. The molecular formula is C20H26N4O4S. The van der Waals surface area contributed by atoms with E-state index in [9.17, 15) is 14.4 Å². The highest BCUT2D eigenvalue weighted by Crippen LogP contribution is 2.12. The van der Waals surface area contributed by atoms with Crippen LogP contribution in [-0.2, 0) is 16.1 Å². The molecule has 0 saturated carbocycles. The third-order valence-electron chi connectivity index (χ3n) is 5.04. The Kier molecular flexibility index (Phi) is 7.16. The van der Waals surface area contributed by atoms with Gasteiger partial charge in [0, 0.05) is 51.9 Å². The summed E-state index contributed by atoms with van der Waals surface area (Å²) in [5.41, 5.74) is 0.810. The number of aromatic nitrogens is 2. The number of benzene rings is 1. The van der Waals surface area contributed by atoms with Gasteiger partial charge in [0.15, 0.2) is 4.77 Å². The van der Waals surface area contributed by atoms with Crippen molar-refractivity contribution < 1.29 is 14.3 Å². The van der Waals surface area contributed by atoms with Gasteiger partial charge in [0.1, 0.15) is 0 Å². The Hall–Kier alpha value is -2.52. The van der Waals surface area contributed by atoms with E-state index in [0.717, 1.165) is 19.4 Å². The van der Waals surface area contributed by atoms with E-state index in [1.54, 1.807) is 25.3 Å². The third kappa shape index (κ3) is 5.10. The Labute approximate surface area is 173 Å². The SMILES string of the molecule is COCCCNC(=O)c1ccc2c(=O)n(CCCN3CCCC3=O)c(=S)[nH]c2c1. The predicted octanol–water partition coefficient (Wildman–Crippen LogP) is 1.84. The van der Waals surface area contributed by atoms with Crippen LogP contribution in [0.5, 0.6) is 0 Å². The van der Waals surface area contributed by atoms with Crippen molar-refractivity contribution in [3.8, 4) is 0 Å². The van der Waals surface area contributed by atoms with Crippen LogP contribution in [0.25, 0.3) is 10.9 Å². The molecule has 1 aromatic heterocycles. The molecule has 156 valence electrons. The number of rotatable bonds is 9. The second-order valence-electron chi connectivity index (χ2n) is 7.09. The number of H-pyrrole nitrogens is 1. The number of carbonyl (C=O) groups is 2. The molecule has 0 bridgehead atoms. The van der Waals surface area contributed by atoms with E-state index in [1.807, 2.05) is 4.90 Å². The molecule has 8 nitrogen and oxygen atoms in total. The molecule has 0 aliphatic carbocycles. The molecule has 1 aromatic carbocycles. The van der Waals surface area contributed by atoms with Crippen LogP contribution in [0.2, 0.25) is 0 Å². The maximum atomic E-state index is 12.8. The van der Waals surface area contributed by atoms with Gasteiger partial charge in [-0.15, -0.1) is 0 Å². The maximum Gasteiger partial charge on any atom is 0.262 e. The number of nitrogens with one attached hydrogen (secondary N) is 2. The molecule has 0 atom stereocenters. The standard InChI is InChI=1S/C20H26N4O4S/c1-28-12-3-8-21-18(26)14-6-7-15-16(13-14)22-20(29)24(19(15)27)11-4-10-23-9-2-5-17(23)25/h6-7,13H,2-5,8-12H2,1H3,(H,21,26)(H,22,29). The van der Waals surface area contributed by atoms with Crippen LogP contribution in [0.15, 0.2) is 23.0 Å². The topological polar surface area (TPSA) is 96.4 Å². The van der Waals surface area contributed by atoms with Crippen molar-refractivity contribution >= 4 is 34.9 Å². The average Bonchev–Trinajstić information content (AvgIpc) is 3.12. The first kappa shape index (κ1) is 21.2. The van der Waals surface area contributed by atoms with Crippen molar-refractivity contribution in [2.45, 2.75) is 32.2 Å². The van der Waals surface area contributed by atoms with Crippen molar-refractivity contribution in [1.29, 1.82) is 0 Å². The highest BCUT2D eigenvalue weighted by molar-refractivity contribution is 7.71. The van der Waals surface area contributed by atoms with Crippen LogP contribution >= 0.6 is 12.2 Å². The van der Waals surface area contributed by atoms with Gasteiger partial charge < -0.3 is 19.9 Å². The number of nitrogens with zero attached hydrogens (tertiary/aromatic N) is 2. The normalized spacial score (nSPS) is 14.0. The lowest BCUT2D eigenvalue weighted by Gasteiger charge is -2.16. The van der Waals surface area contributed by atoms with Gasteiger partial charge in [0.05, 0.1) is 10.9 Å². The summed E-state index contributed by atoms with van der Waals surface area (Å²) in [6, 6.07) is 4.93. The minimum absolute atomic E-state index is 0.175. The molecular weight excluding hydrogens is 392 g/mol. The largest absolute Gasteiger partial charge is 0.385 e. The molecule has 9 heteroatoms. The van der Waals surface area contributed by atoms with E-state index >= 15 is 0 Å². The van der Waals surface area contributed by atoms with Gasteiger partial charge in [0.25, 0.3) is 11.5 Å². The third-order valence-corrected chi connectivity index (χ3v) is 5.36. The van der Waals surface area contributed by atoms with E-state index in [-0.39, 0.29) is 17.4 Å². The predicted molar refractivity (Wildman–Crippen MR) is 113 cm³/mol. The second-order valence-corrected chi connectivity index (χ2v) is 7.47. The molecule has 2 heterocycles. The molecule has 2 aromatic rings. The van der Waals surface area contributed by atoms with Crippen LogP contribution in [0.4, 0.5) is 0 Å². The molecule has 0 unspecified atom stereocenters. The smallest absolute Gasteiger partial charge is 0.262 e. The van der Waals surface area contributed by atoms with Crippen molar-refractivity contribution in [2.75, 3.05) is 33.4 Å². The summed E-state index contributed by atoms with van der Waals surface area (Å²) in [6.07, 6.45) is 2.90. The van der Waals surface area contributed by atoms with Crippen LogP contribution in [0, 0.1) is 4.77 Å². The van der Waals surface area contributed by atoms with Crippen LogP contribution in [-0.4, -0.2) is 59.6 Å². The van der Waals surface area contributed by atoms with E-state index < -0.39 is 0 Å². The van der Waals surface area contributed by atoms with Gasteiger partial charge in [-0.3, -0.25) is 19.0 Å². The van der Waals surface area contributed by atoms with Gasteiger partial charge in [-0.05, 0) is 49.7 Å². The van der Waals surface area contributed by atoms with Crippen LogP contribution in [0.3, 0.4) is 0 Å². The maximum absolute atomic E-state index is 12.8. The number of ether oxygens (including phenoxy) is 1. The Morgan fingerprint density at radius 3 is 2.83 bits per heavy atom. The van der Waals surface area contributed by atoms with Crippen molar-refractivity contribution in [2.24, 2.45) is 0 Å². The summed E-state index contributed by atoms with van der Waals surface area (Å²) < 4.78 is 6.79. The highest BCUT2D eigenvalue weighted by Gasteiger charge is 2.19. The Morgan fingerprint density at radius 2 is 2.10 bits per heavy atom. The molecule has 1 saturated heterocycles. The highest BCUT2D eigenvalue weighted by atomic mass is 32.1. The number of fused-ring (bicyclic) bond motifs is 1. The minimum atomic E-state index is -0.207. The average molecular weight is 419 g/mol. The Bertz CT molecular complexity index is 1010. The van der Waals surface area contributed by atoms with Crippen molar-refractivity contribution in [3.05, 3.63) is 38.9 Å². The van der Waals surface area contributed by atoms with E-state index in [0.29, 0.717) is 60.3 Å². The second kappa shape index (κ2) is 9.80. The monoisotopic (exact) mass is 418 g/mol. The number of hydrogen-bond acceptors (Lipinski definition) is 5. The lowest BCUT2D eigenvalue weighted by Crippen LogP contribution is -2.29. The summed E-state index contributed by atoms with van der Waals surface area (Å²) in [7, 11) is 1.62. The number of methoxy groups -OCH3 is 1. The fourth-order valence-electron chi connectivity index (χ4n) is 3.48. The summed E-state index contributed by atoms with van der Waals surface area (Å²) in [6.45, 7) is 2.95. The van der Waals surface area contributed by atoms with Gasteiger partial charge in [-0.25, -0.2) is 0 Å². The number of likely N-dealkylation sites (tertiary alicyclic amines) is 1. The van der Waals surface area contributed by atoms with Crippen LogP contribution in [0.1, 0.15) is 36.0 Å². The van der Waals surface area contributed by atoms with Crippen molar-refractivity contribution in [3.63, 3.8) is 0 Å². The van der Waals surface area contributed by atoms with Gasteiger partial charge in [0.2, 0.25) is 5.91 Å². The van der Waals surface area contributed by atoms with Crippen molar-refractivity contribution in [1.82, 2.24) is 19.8 Å². The van der Waals surface area contributed by atoms with Crippen LogP contribution < -0.4 is 10.9 Å². The molecule has 29 heavy (non-hydrogen) atoms. The fraction of sp³-hybridized carbons (Fsp3) is 0.500. The molecule has 0 radical (unpaired) electrons. The van der Waals surface area contributed by atoms with E-state index in [2.05, 4.69) is 10.3 Å². The molecule has 2 N–H and O–H groups in total. The fourth-order valence-corrected chi connectivity index (χ4v) is 3.76. The quantitative estimate of drug-likeness (QED) is 0.478. The number of carbonyl (C=O) groups excluding carboxylic acids is 2. The molecule has 0 spiro atoms. The Morgan fingerprint density at radius 1 is 1.28 bits per heavy atom. The first-order valence-corrected chi connectivity index (χ1v) is 10.2. The summed E-state index contributed by atoms with van der Waals surface area (Å²) in [5, 5.41) is 3.30. The van der Waals surface area contributed by atoms with E-state index in [4.69, 9.17) is 17.0 Å². The first-order valence-electron chi connectivity index (χ1n) is 9.83. The molecule has 1 aliphatic rings. The van der Waals surface area contributed by atoms with Gasteiger partial charge in [-0.2, -0.15) is 0 Å². The zero-order valence-corrected chi connectivity index (χ0v) is 17.3. The molecule has 3 rings (SSSR count). The summed E-state index contributed by atoms with van der Waals surface area (Å²) in [5.74, 6) is -0.0316. The number of hydrogen-bond donors (Lipinski definition) is 2. The molecule has 1 aliphatic heterocycles. The molecule has 2 amide bonds. The molecule has 1 fully saturated rings. The first-order chi connectivity index (χ1) is 14.0. The van der Waals surface area contributed by atoms with Gasteiger partial charge >= 0.3 is 0 Å². The minimum Gasteiger partial charge on any atom is -0.385 e. The lowest BCUT2D eigenvalue weighted by atomic mass is 10.1. The Balaban J connectivity index is 1.71. The summed E-state index contributed by atoms with van der Waals surface area (Å²) >= 11 is 5.36. The summed E-state index contributed by atoms with van der Waals surface area (Å²) in [4.78, 5) is 41.7. The zero-order valence-electron chi connectivity index (χ0n) is 16.5. The lowest BCUT2D eigenvalue weighted by molar-refractivity contribution is -0.127.